The van der Waals surface area contributed by atoms with E-state index < -0.39 is 11.4 Å². The van der Waals surface area contributed by atoms with Crippen LogP contribution < -0.4 is 14.8 Å². The average molecular weight is 337 g/mol. The number of methoxy groups -OCH3 is 1. The summed E-state index contributed by atoms with van der Waals surface area (Å²) in [6.07, 6.45) is 0.768. The number of benzene rings is 1. The summed E-state index contributed by atoms with van der Waals surface area (Å²) >= 11 is 0. The molecule has 1 aromatic rings. The van der Waals surface area contributed by atoms with Crippen LogP contribution in [0.25, 0.3) is 0 Å². The number of carbonyl (C=O) groups excluding carboxylic acids is 1. The monoisotopic (exact) mass is 337 g/mol. The third-order valence-electron chi connectivity index (χ3n) is 4.22. The predicted octanol–water partition coefficient (Wildman–Crippen LogP) is 1.71. The summed E-state index contributed by atoms with van der Waals surface area (Å²) in [4.78, 5) is 24.0. The number of rotatable bonds is 7. The summed E-state index contributed by atoms with van der Waals surface area (Å²) < 4.78 is 15.9. The molecule has 1 aliphatic rings. The van der Waals surface area contributed by atoms with Gasteiger partial charge in [-0.25, -0.2) is 0 Å². The van der Waals surface area contributed by atoms with Crippen molar-refractivity contribution in [3.63, 3.8) is 0 Å². The molecular formula is C17H23NO6. The molecule has 2 rings (SSSR count). The van der Waals surface area contributed by atoms with Crippen molar-refractivity contribution in [2.75, 3.05) is 33.5 Å². The Morgan fingerprint density at radius 1 is 1.29 bits per heavy atom. The Morgan fingerprint density at radius 3 is 2.58 bits per heavy atom. The second-order valence-electron chi connectivity index (χ2n) is 5.68. The molecule has 0 aromatic heterocycles. The molecule has 1 aromatic carbocycles. The van der Waals surface area contributed by atoms with Crippen molar-refractivity contribution < 1.29 is 28.9 Å². The first-order chi connectivity index (χ1) is 11.5. The van der Waals surface area contributed by atoms with Gasteiger partial charge in [0.15, 0.2) is 11.5 Å². The summed E-state index contributed by atoms with van der Waals surface area (Å²) in [7, 11) is 1.50. The summed E-state index contributed by atoms with van der Waals surface area (Å²) in [5, 5.41) is 12.2. The average Bonchev–Trinajstić information content (AvgIpc) is 2.61. The fourth-order valence-corrected chi connectivity index (χ4v) is 2.66. The number of aliphatic carboxylic acids is 1. The molecule has 1 aliphatic heterocycles. The molecule has 1 fully saturated rings. The zero-order valence-corrected chi connectivity index (χ0v) is 14.0. The second kappa shape index (κ2) is 8.01. The molecule has 132 valence electrons. The van der Waals surface area contributed by atoms with Crippen LogP contribution in [0.15, 0.2) is 18.2 Å². The molecule has 7 heteroatoms. The van der Waals surface area contributed by atoms with Crippen molar-refractivity contribution in [2.24, 2.45) is 5.41 Å². The zero-order valence-electron chi connectivity index (χ0n) is 14.0. The molecule has 0 radical (unpaired) electrons. The van der Waals surface area contributed by atoms with Crippen molar-refractivity contribution in [3.8, 4) is 11.5 Å². The van der Waals surface area contributed by atoms with Gasteiger partial charge in [0.05, 0.1) is 19.1 Å². The standard InChI is InChI=1S/C17H23NO6/c1-3-24-13-5-4-12(10-14(13)22-2)15(19)18-11-17(16(20)21)6-8-23-9-7-17/h4-5,10H,3,6-9,11H2,1-2H3,(H,18,19)(H,20,21). The molecule has 24 heavy (non-hydrogen) atoms. The van der Waals surface area contributed by atoms with Gasteiger partial charge in [0.1, 0.15) is 0 Å². The highest BCUT2D eigenvalue weighted by Gasteiger charge is 2.40. The van der Waals surface area contributed by atoms with Gasteiger partial charge in [-0.2, -0.15) is 0 Å². The van der Waals surface area contributed by atoms with Crippen LogP contribution in [0.1, 0.15) is 30.1 Å². The Morgan fingerprint density at radius 2 is 2.00 bits per heavy atom. The van der Waals surface area contributed by atoms with Crippen LogP contribution in [-0.4, -0.2) is 50.5 Å². The smallest absolute Gasteiger partial charge is 0.311 e. The number of carboxylic acids is 1. The quantitative estimate of drug-likeness (QED) is 0.786. The number of carbonyl (C=O) groups is 2. The normalized spacial score (nSPS) is 16.2. The van der Waals surface area contributed by atoms with Gasteiger partial charge in [0.25, 0.3) is 5.91 Å². The lowest BCUT2D eigenvalue weighted by Crippen LogP contribution is -2.46. The highest BCUT2D eigenvalue weighted by atomic mass is 16.5. The molecule has 1 amide bonds. The molecule has 0 aliphatic carbocycles. The molecule has 1 saturated heterocycles. The van der Waals surface area contributed by atoms with Gasteiger partial charge in [-0.3, -0.25) is 9.59 Å². The van der Waals surface area contributed by atoms with Crippen LogP contribution in [0.3, 0.4) is 0 Å². The number of hydrogen-bond donors (Lipinski definition) is 2. The minimum absolute atomic E-state index is 0.0695. The highest BCUT2D eigenvalue weighted by molar-refractivity contribution is 5.95. The van der Waals surface area contributed by atoms with E-state index in [-0.39, 0.29) is 12.5 Å². The van der Waals surface area contributed by atoms with Crippen LogP contribution in [0.2, 0.25) is 0 Å². The zero-order chi connectivity index (χ0) is 17.6. The van der Waals surface area contributed by atoms with Crippen LogP contribution in [0.4, 0.5) is 0 Å². The van der Waals surface area contributed by atoms with Crippen molar-refractivity contribution in [1.82, 2.24) is 5.32 Å². The molecule has 2 N–H and O–H groups in total. The third kappa shape index (κ3) is 3.97. The lowest BCUT2D eigenvalue weighted by molar-refractivity contribution is -0.154. The Bertz CT molecular complexity index is 595. The SMILES string of the molecule is CCOc1ccc(C(=O)NCC2(C(=O)O)CCOCC2)cc1OC. The van der Waals surface area contributed by atoms with Gasteiger partial charge < -0.3 is 24.6 Å². The number of hydrogen-bond acceptors (Lipinski definition) is 5. The largest absolute Gasteiger partial charge is 0.493 e. The Hall–Kier alpha value is -2.28. The first-order valence-electron chi connectivity index (χ1n) is 7.92. The maximum Gasteiger partial charge on any atom is 0.311 e. The second-order valence-corrected chi connectivity index (χ2v) is 5.68. The lowest BCUT2D eigenvalue weighted by Gasteiger charge is -2.33. The molecule has 0 unspecified atom stereocenters. The third-order valence-corrected chi connectivity index (χ3v) is 4.22. The van der Waals surface area contributed by atoms with Gasteiger partial charge in [-0.1, -0.05) is 0 Å². The van der Waals surface area contributed by atoms with Gasteiger partial charge in [-0.05, 0) is 38.0 Å². The maximum absolute atomic E-state index is 12.4. The van der Waals surface area contributed by atoms with Crippen molar-refractivity contribution in [2.45, 2.75) is 19.8 Å². The highest BCUT2D eigenvalue weighted by Crippen LogP contribution is 2.31. The van der Waals surface area contributed by atoms with Crippen molar-refractivity contribution in [1.29, 1.82) is 0 Å². The van der Waals surface area contributed by atoms with Crippen LogP contribution >= 0.6 is 0 Å². The van der Waals surface area contributed by atoms with E-state index in [1.54, 1.807) is 18.2 Å². The molecular weight excluding hydrogens is 314 g/mol. The van der Waals surface area contributed by atoms with Crippen molar-refractivity contribution in [3.05, 3.63) is 23.8 Å². The number of amides is 1. The summed E-state index contributed by atoms with van der Waals surface area (Å²) in [6, 6.07) is 4.87. The maximum atomic E-state index is 12.4. The fraction of sp³-hybridized carbons (Fsp3) is 0.529. The van der Waals surface area contributed by atoms with E-state index in [2.05, 4.69) is 5.32 Å². The molecule has 0 spiro atoms. The van der Waals surface area contributed by atoms with E-state index in [4.69, 9.17) is 14.2 Å². The topological polar surface area (TPSA) is 94.1 Å². The van der Waals surface area contributed by atoms with Crippen LogP contribution in [0.5, 0.6) is 11.5 Å². The minimum atomic E-state index is -0.969. The number of carboxylic acid groups (broad SMARTS) is 1. The van der Waals surface area contributed by atoms with E-state index in [0.717, 1.165) is 0 Å². The number of ether oxygens (including phenoxy) is 3. The van der Waals surface area contributed by atoms with E-state index in [9.17, 15) is 14.7 Å². The first-order valence-corrected chi connectivity index (χ1v) is 7.92. The summed E-state index contributed by atoms with van der Waals surface area (Å²) in [5.41, 5.74) is -0.577. The first kappa shape index (κ1) is 18.1. The van der Waals surface area contributed by atoms with Crippen LogP contribution in [0, 0.1) is 5.41 Å². The van der Waals surface area contributed by atoms with Gasteiger partial charge >= 0.3 is 5.97 Å². The van der Waals surface area contributed by atoms with E-state index in [1.165, 1.54) is 7.11 Å². The number of nitrogens with one attached hydrogen (secondary N) is 1. The molecule has 1 heterocycles. The fourth-order valence-electron chi connectivity index (χ4n) is 2.66. The Kier molecular flexibility index (Phi) is 6.03. The van der Waals surface area contributed by atoms with Gasteiger partial charge in [0.2, 0.25) is 0 Å². The minimum Gasteiger partial charge on any atom is -0.493 e. The lowest BCUT2D eigenvalue weighted by atomic mass is 9.80. The van der Waals surface area contributed by atoms with Crippen molar-refractivity contribution >= 4 is 11.9 Å². The Labute approximate surface area is 140 Å². The molecule has 0 atom stereocenters. The van der Waals surface area contributed by atoms with E-state index in [0.29, 0.717) is 49.7 Å². The van der Waals surface area contributed by atoms with Crippen LogP contribution in [-0.2, 0) is 9.53 Å². The van der Waals surface area contributed by atoms with E-state index in [1.807, 2.05) is 6.92 Å². The van der Waals surface area contributed by atoms with Gasteiger partial charge in [0, 0.05) is 25.3 Å². The van der Waals surface area contributed by atoms with E-state index >= 15 is 0 Å². The van der Waals surface area contributed by atoms with Gasteiger partial charge in [-0.15, -0.1) is 0 Å². The Balaban J connectivity index is 2.07. The summed E-state index contributed by atoms with van der Waals surface area (Å²) in [6.45, 7) is 3.20. The molecule has 0 saturated carbocycles. The molecule has 7 nitrogen and oxygen atoms in total. The summed E-state index contributed by atoms with van der Waals surface area (Å²) in [5.74, 6) is -0.231. The predicted molar refractivity (Wildman–Crippen MR) is 86.6 cm³/mol. The molecule has 0 bridgehead atoms.